The molecule has 2 aromatic rings. The van der Waals surface area contributed by atoms with Crippen molar-refractivity contribution in [1.82, 2.24) is 4.98 Å². The van der Waals surface area contributed by atoms with Gasteiger partial charge in [-0.15, -0.1) is 0 Å². The first-order valence-corrected chi connectivity index (χ1v) is 4.56. The molecule has 14 heavy (non-hydrogen) atoms. The van der Waals surface area contributed by atoms with E-state index in [0.717, 1.165) is 22.3 Å². The van der Waals surface area contributed by atoms with E-state index in [9.17, 15) is 5.11 Å². The summed E-state index contributed by atoms with van der Waals surface area (Å²) in [6.07, 6.45) is -0.480. The Bertz CT molecular complexity index is 445. The first kappa shape index (κ1) is 9.09. The summed E-state index contributed by atoms with van der Waals surface area (Å²) < 4.78 is 5.22. The summed E-state index contributed by atoms with van der Waals surface area (Å²) in [4.78, 5) is 3.14. The van der Waals surface area contributed by atoms with Gasteiger partial charge in [-0.25, -0.2) is 0 Å². The van der Waals surface area contributed by atoms with Crippen LogP contribution in [0.5, 0.6) is 5.75 Å². The van der Waals surface area contributed by atoms with Gasteiger partial charge in [-0.2, -0.15) is 0 Å². The van der Waals surface area contributed by atoms with Crippen LogP contribution in [0.4, 0.5) is 0 Å². The lowest BCUT2D eigenvalue weighted by molar-refractivity contribution is 0.195. The van der Waals surface area contributed by atoms with Crippen molar-refractivity contribution in [2.45, 2.75) is 13.0 Å². The number of nitrogens with one attached hydrogen (secondary N) is 1. The summed E-state index contributed by atoms with van der Waals surface area (Å²) in [6.45, 7) is 1.73. The number of aliphatic hydroxyl groups is 1. The van der Waals surface area contributed by atoms with E-state index < -0.39 is 6.10 Å². The summed E-state index contributed by atoms with van der Waals surface area (Å²) in [6, 6.07) is 7.70. The predicted molar refractivity (Wildman–Crippen MR) is 55.5 cm³/mol. The van der Waals surface area contributed by atoms with Crippen LogP contribution in [0.25, 0.3) is 10.9 Å². The molecule has 3 heteroatoms. The molecule has 0 aliphatic heterocycles. The first-order valence-electron chi connectivity index (χ1n) is 4.56. The standard InChI is InChI=1S/C11H13NO2/c1-7(13)10-6-8-9(12-10)4-3-5-11(8)14-2/h3-7,12-13H,1-2H3. The number of H-pyrrole nitrogens is 1. The second-order valence-corrected chi connectivity index (χ2v) is 3.32. The van der Waals surface area contributed by atoms with Crippen LogP contribution in [0.2, 0.25) is 0 Å². The molecule has 74 valence electrons. The third kappa shape index (κ3) is 1.36. The fourth-order valence-electron chi connectivity index (χ4n) is 1.55. The molecule has 1 unspecified atom stereocenters. The van der Waals surface area contributed by atoms with Crippen LogP contribution in [-0.2, 0) is 0 Å². The smallest absolute Gasteiger partial charge is 0.128 e. The monoisotopic (exact) mass is 191 g/mol. The average molecular weight is 191 g/mol. The van der Waals surface area contributed by atoms with Gasteiger partial charge in [0.05, 0.1) is 13.2 Å². The zero-order valence-corrected chi connectivity index (χ0v) is 8.24. The molecule has 0 saturated carbocycles. The average Bonchev–Trinajstić information content (AvgIpc) is 2.60. The normalized spacial score (nSPS) is 13.1. The quantitative estimate of drug-likeness (QED) is 0.764. The number of fused-ring (bicyclic) bond motifs is 1. The van der Waals surface area contributed by atoms with E-state index in [1.807, 2.05) is 24.3 Å². The number of hydrogen-bond acceptors (Lipinski definition) is 2. The fraction of sp³-hybridized carbons (Fsp3) is 0.273. The number of methoxy groups -OCH3 is 1. The lowest BCUT2D eigenvalue weighted by Crippen LogP contribution is -1.88. The number of aromatic amines is 1. The molecule has 1 heterocycles. The minimum atomic E-state index is -0.480. The molecule has 2 N–H and O–H groups in total. The lowest BCUT2D eigenvalue weighted by Gasteiger charge is -1.99. The molecule has 0 fully saturated rings. The summed E-state index contributed by atoms with van der Waals surface area (Å²) in [5, 5.41) is 10.4. The van der Waals surface area contributed by atoms with Crippen molar-refractivity contribution in [3.05, 3.63) is 30.0 Å². The van der Waals surface area contributed by atoms with Crippen LogP contribution in [0.15, 0.2) is 24.3 Å². The molecule has 0 saturated heterocycles. The van der Waals surface area contributed by atoms with Crippen molar-refractivity contribution in [3.8, 4) is 5.75 Å². The van der Waals surface area contributed by atoms with Gasteiger partial charge in [0.1, 0.15) is 5.75 Å². The Morgan fingerprint density at radius 2 is 2.21 bits per heavy atom. The van der Waals surface area contributed by atoms with Gasteiger partial charge in [0.2, 0.25) is 0 Å². The summed E-state index contributed by atoms with van der Waals surface area (Å²) >= 11 is 0. The molecular formula is C11H13NO2. The Kier molecular flexibility index (Phi) is 2.17. The third-order valence-corrected chi connectivity index (χ3v) is 2.31. The van der Waals surface area contributed by atoms with Gasteiger partial charge in [0.25, 0.3) is 0 Å². The highest BCUT2D eigenvalue weighted by Gasteiger charge is 2.08. The molecule has 1 atom stereocenters. The van der Waals surface area contributed by atoms with Crippen LogP contribution in [0, 0.1) is 0 Å². The van der Waals surface area contributed by atoms with E-state index in [-0.39, 0.29) is 0 Å². The molecule has 0 aliphatic carbocycles. The van der Waals surface area contributed by atoms with Gasteiger partial charge in [-0.05, 0) is 25.1 Å². The Morgan fingerprint density at radius 1 is 1.43 bits per heavy atom. The number of hydrogen-bond donors (Lipinski definition) is 2. The van der Waals surface area contributed by atoms with Gasteiger partial charge < -0.3 is 14.8 Å². The van der Waals surface area contributed by atoms with Crippen LogP contribution in [-0.4, -0.2) is 17.2 Å². The molecule has 0 aliphatic rings. The van der Waals surface area contributed by atoms with E-state index >= 15 is 0 Å². The number of aromatic nitrogens is 1. The second-order valence-electron chi connectivity index (χ2n) is 3.32. The molecule has 3 nitrogen and oxygen atoms in total. The Hall–Kier alpha value is -1.48. The van der Waals surface area contributed by atoms with Crippen LogP contribution < -0.4 is 4.74 Å². The molecule has 0 spiro atoms. The molecule has 0 bridgehead atoms. The van der Waals surface area contributed by atoms with Crippen molar-refractivity contribution in [1.29, 1.82) is 0 Å². The third-order valence-electron chi connectivity index (χ3n) is 2.31. The van der Waals surface area contributed by atoms with E-state index in [2.05, 4.69) is 4.98 Å². The zero-order chi connectivity index (χ0) is 10.1. The van der Waals surface area contributed by atoms with Crippen molar-refractivity contribution < 1.29 is 9.84 Å². The summed E-state index contributed by atoms with van der Waals surface area (Å²) in [5.74, 6) is 0.825. The fourth-order valence-corrected chi connectivity index (χ4v) is 1.55. The molecule has 1 aromatic carbocycles. The van der Waals surface area contributed by atoms with E-state index in [0.29, 0.717) is 0 Å². The molecule has 0 radical (unpaired) electrons. The van der Waals surface area contributed by atoms with Gasteiger partial charge in [-0.1, -0.05) is 6.07 Å². The highest BCUT2D eigenvalue weighted by Crippen LogP contribution is 2.27. The predicted octanol–water partition coefficient (Wildman–Crippen LogP) is 2.23. The molecule has 2 rings (SSSR count). The van der Waals surface area contributed by atoms with Gasteiger partial charge >= 0.3 is 0 Å². The Balaban J connectivity index is 2.64. The number of benzene rings is 1. The Labute approximate surface area is 82.3 Å². The maximum atomic E-state index is 9.42. The zero-order valence-electron chi connectivity index (χ0n) is 8.24. The highest BCUT2D eigenvalue weighted by atomic mass is 16.5. The topological polar surface area (TPSA) is 45.2 Å². The van der Waals surface area contributed by atoms with Gasteiger partial charge in [0, 0.05) is 16.6 Å². The largest absolute Gasteiger partial charge is 0.496 e. The highest BCUT2D eigenvalue weighted by molar-refractivity contribution is 5.86. The number of rotatable bonds is 2. The molecule has 0 amide bonds. The van der Waals surface area contributed by atoms with Crippen molar-refractivity contribution in [2.24, 2.45) is 0 Å². The van der Waals surface area contributed by atoms with Crippen molar-refractivity contribution in [2.75, 3.05) is 7.11 Å². The second kappa shape index (κ2) is 3.35. The Morgan fingerprint density at radius 3 is 2.86 bits per heavy atom. The maximum absolute atomic E-state index is 9.42. The maximum Gasteiger partial charge on any atom is 0.128 e. The van der Waals surface area contributed by atoms with E-state index in [1.165, 1.54) is 0 Å². The lowest BCUT2D eigenvalue weighted by atomic mass is 10.2. The van der Waals surface area contributed by atoms with Crippen LogP contribution >= 0.6 is 0 Å². The minimum absolute atomic E-state index is 0.480. The van der Waals surface area contributed by atoms with E-state index in [1.54, 1.807) is 14.0 Å². The summed E-state index contributed by atoms with van der Waals surface area (Å²) in [7, 11) is 1.64. The number of ether oxygens (including phenoxy) is 1. The van der Waals surface area contributed by atoms with Crippen LogP contribution in [0.1, 0.15) is 18.7 Å². The molecule has 1 aromatic heterocycles. The number of aliphatic hydroxyl groups excluding tert-OH is 1. The first-order chi connectivity index (χ1) is 6.72. The van der Waals surface area contributed by atoms with Crippen molar-refractivity contribution in [3.63, 3.8) is 0 Å². The molecular weight excluding hydrogens is 178 g/mol. The minimum Gasteiger partial charge on any atom is -0.496 e. The van der Waals surface area contributed by atoms with E-state index in [4.69, 9.17) is 4.74 Å². The SMILES string of the molecule is COc1cccc2[nH]c(C(C)O)cc12. The summed E-state index contributed by atoms with van der Waals surface area (Å²) in [5.41, 5.74) is 1.80. The van der Waals surface area contributed by atoms with Crippen LogP contribution in [0.3, 0.4) is 0 Å². The van der Waals surface area contributed by atoms with Gasteiger partial charge in [-0.3, -0.25) is 0 Å². The van der Waals surface area contributed by atoms with Gasteiger partial charge in [0.15, 0.2) is 0 Å². The van der Waals surface area contributed by atoms with Crippen molar-refractivity contribution >= 4 is 10.9 Å².